The number of benzene rings is 4. The Kier molecular flexibility index (Phi) is 8.41. The average molecular weight is 823 g/mol. The van der Waals surface area contributed by atoms with Crippen molar-refractivity contribution in [2.45, 2.75) is 26.2 Å². The molecule has 248 valence electrons. The molecule has 0 saturated heterocycles. The Hall–Kier alpha value is -5.13. The molecule has 4 aromatic carbocycles. The van der Waals surface area contributed by atoms with Gasteiger partial charge in [-0.15, -0.1) is 24.2 Å². The van der Waals surface area contributed by atoms with Crippen molar-refractivity contribution in [3.05, 3.63) is 140 Å². The van der Waals surface area contributed by atoms with E-state index in [1.807, 2.05) is 38.5 Å². The topological polar surface area (TPSA) is 49.7 Å². The number of hydrogen-bond donors (Lipinski definition) is 0. The van der Waals surface area contributed by atoms with Crippen molar-refractivity contribution in [3.8, 4) is 17.4 Å². The Labute approximate surface area is 301 Å². The number of hydrogen-bond acceptors (Lipinski definition) is 6. The molecule has 49 heavy (non-hydrogen) atoms. The van der Waals surface area contributed by atoms with E-state index in [4.69, 9.17) is 9.72 Å². The van der Waals surface area contributed by atoms with Crippen LogP contribution in [-0.4, -0.2) is 28.6 Å². The number of aromatic nitrogens is 3. The molecule has 3 aromatic heterocycles. The molecule has 0 amide bonds. The van der Waals surface area contributed by atoms with Gasteiger partial charge in [0.05, 0.1) is 0 Å². The average Bonchev–Trinajstić information content (AvgIpc) is 3.64. The van der Waals surface area contributed by atoms with Gasteiger partial charge in [-0.25, -0.2) is 4.98 Å². The number of fused-ring (bicyclic) bond motifs is 4. The molecular formula is C41H35N6OPt-3. The molecule has 0 spiro atoms. The zero-order chi connectivity index (χ0) is 33.0. The maximum Gasteiger partial charge on any atom is 0.135 e. The summed E-state index contributed by atoms with van der Waals surface area (Å²) in [5, 5.41) is 2.21. The Morgan fingerprint density at radius 2 is 1.45 bits per heavy atom. The molecular weight excluding hydrogens is 788 g/mol. The van der Waals surface area contributed by atoms with Crippen LogP contribution in [0.5, 0.6) is 11.6 Å². The van der Waals surface area contributed by atoms with Crippen molar-refractivity contribution in [3.63, 3.8) is 0 Å². The minimum Gasteiger partial charge on any atom is -0.503 e. The zero-order valence-electron chi connectivity index (χ0n) is 28.0. The summed E-state index contributed by atoms with van der Waals surface area (Å²) in [4.78, 5) is 15.7. The molecule has 7 nitrogen and oxygen atoms in total. The summed E-state index contributed by atoms with van der Waals surface area (Å²) in [6.07, 6.45) is 3.64. The van der Waals surface area contributed by atoms with Gasteiger partial charge in [-0.2, -0.15) is 23.9 Å². The van der Waals surface area contributed by atoms with Gasteiger partial charge in [0.1, 0.15) is 11.7 Å². The van der Waals surface area contributed by atoms with E-state index in [2.05, 4.69) is 149 Å². The fourth-order valence-electron chi connectivity index (χ4n) is 6.26. The van der Waals surface area contributed by atoms with Crippen molar-refractivity contribution in [2.75, 3.05) is 28.8 Å². The van der Waals surface area contributed by atoms with Crippen LogP contribution in [0.25, 0.3) is 27.6 Å². The largest absolute Gasteiger partial charge is 0.503 e. The van der Waals surface area contributed by atoms with Crippen LogP contribution in [0.3, 0.4) is 0 Å². The van der Waals surface area contributed by atoms with E-state index in [1.165, 1.54) is 5.56 Å². The SMILES string of the molecule is CN(C)c1ccc(N2[CH-]N(c3[c-]c(Oc4[c-]c5c(cc4)c4ccccc4n5-c4cc(C(C)(C)C)ccn4)ncc3)c3ccccc32)cc1.[Pt]. The molecule has 0 aliphatic carbocycles. The van der Waals surface area contributed by atoms with Gasteiger partial charge in [0.25, 0.3) is 0 Å². The van der Waals surface area contributed by atoms with Crippen LogP contribution in [0, 0.1) is 18.8 Å². The molecule has 1 aliphatic heterocycles. The van der Waals surface area contributed by atoms with Gasteiger partial charge in [-0.1, -0.05) is 56.6 Å². The second-order valence-electron chi connectivity index (χ2n) is 13.2. The molecule has 8 rings (SSSR count). The van der Waals surface area contributed by atoms with Crippen LogP contribution in [0.15, 0.2) is 116 Å². The first kappa shape index (κ1) is 32.4. The van der Waals surface area contributed by atoms with Crippen LogP contribution in [0.4, 0.5) is 28.4 Å². The second kappa shape index (κ2) is 12.7. The van der Waals surface area contributed by atoms with E-state index >= 15 is 0 Å². The molecule has 7 aromatic rings. The van der Waals surface area contributed by atoms with Gasteiger partial charge in [0.2, 0.25) is 0 Å². The van der Waals surface area contributed by atoms with Crippen LogP contribution in [-0.2, 0) is 26.5 Å². The number of nitrogens with zero attached hydrogens (tertiary/aromatic N) is 6. The van der Waals surface area contributed by atoms with Crippen molar-refractivity contribution in [1.82, 2.24) is 14.5 Å². The predicted octanol–water partition coefficient (Wildman–Crippen LogP) is 9.74. The molecule has 0 atom stereocenters. The standard InChI is InChI=1S/C41H35N6O.Pt/c1-41(2,3)28-20-22-42-39(24-28)47-35-11-7-6-10-33(35)34-19-18-32(26-38(34)47)48-40-25-31(21-23-43-40)46-27-45(36-12-8-9-13-37(36)46)30-16-14-29(15-17-30)44(4)5;/h6-24,27H,1-5H3;/q-3;. The predicted molar refractivity (Wildman–Crippen MR) is 195 cm³/mol. The Morgan fingerprint density at radius 1 is 0.735 bits per heavy atom. The summed E-state index contributed by atoms with van der Waals surface area (Å²) >= 11 is 0. The molecule has 1 aliphatic rings. The first-order chi connectivity index (χ1) is 23.2. The first-order valence-corrected chi connectivity index (χ1v) is 16.0. The third-order valence-corrected chi connectivity index (χ3v) is 8.80. The molecule has 0 N–H and O–H groups in total. The van der Waals surface area contributed by atoms with Crippen molar-refractivity contribution in [2.24, 2.45) is 0 Å². The zero-order valence-corrected chi connectivity index (χ0v) is 30.2. The summed E-state index contributed by atoms with van der Waals surface area (Å²) in [5.74, 6) is 1.75. The summed E-state index contributed by atoms with van der Waals surface area (Å²) in [7, 11) is 4.09. The third kappa shape index (κ3) is 5.93. The van der Waals surface area contributed by atoms with Crippen molar-refractivity contribution in [1.29, 1.82) is 0 Å². The number of pyridine rings is 2. The van der Waals surface area contributed by atoms with E-state index in [0.29, 0.717) is 11.6 Å². The smallest absolute Gasteiger partial charge is 0.135 e. The van der Waals surface area contributed by atoms with Crippen LogP contribution < -0.4 is 19.4 Å². The van der Waals surface area contributed by atoms with E-state index in [1.54, 1.807) is 6.20 Å². The minimum atomic E-state index is -0.0119. The van der Waals surface area contributed by atoms with Crippen LogP contribution >= 0.6 is 0 Å². The molecule has 8 heteroatoms. The molecule has 0 saturated carbocycles. The summed E-state index contributed by atoms with van der Waals surface area (Å²) in [6.45, 7) is 8.73. The molecule has 0 radical (unpaired) electrons. The van der Waals surface area contributed by atoms with Crippen molar-refractivity contribution < 1.29 is 25.8 Å². The maximum absolute atomic E-state index is 6.37. The number of rotatable bonds is 6. The Morgan fingerprint density at radius 3 is 2.20 bits per heavy atom. The maximum atomic E-state index is 6.37. The summed E-state index contributed by atoms with van der Waals surface area (Å²) < 4.78 is 8.53. The van der Waals surface area contributed by atoms with Crippen LogP contribution in [0.2, 0.25) is 0 Å². The Bertz CT molecular complexity index is 2290. The minimum absolute atomic E-state index is 0. The van der Waals surface area contributed by atoms with Gasteiger partial charge in [0, 0.05) is 75.4 Å². The molecule has 0 bridgehead atoms. The quantitative estimate of drug-likeness (QED) is 0.156. The molecule has 0 unspecified atom stereocenters. The van der Waals surface area contributed by atoms with E-state index in [0.717, 1.165) is 56.1 Å². The fourth-order valence-corrected chi connectivity index (χ4v) is 6.26. The normalized spacial score (nSPS) is 12.7. The fraction of sp³-hybridized carbons (Fsp3) is 0.146. The van der Waals surface area contributed by atoms with E-state index < -0.39 is 0 Å². The summed E-state index contributed by atoms with van der Waals surface area (Å²) in [6, 6.07) is 42.4. The van der Waals surface area contributed by atoms with E-state index in [9.17, 15) is 0 Å². The van der Waals surface area contributed by atoms with E-state index in [-0.39, 0.29) is 26.5 Å². The monoisotopic (exact) mass is 822 g/mol. The molecule has 0 fully saturated rings. The summed E-state index contributed by atoms with van der Waals surface area (Å²) in [5.41, 5.74) is 8.32. The van der Waals surface area contributed by atoms with Crippen LogP contribution in [0.1, 0.15) is 26.3 Å². The molecule has 4 heterocycles. The van der Waals surface area contributed by atoms with Crippen molar-refractivity contribution >= 4 is 50.2 Å². The van der Waals surface area contributed by atoms with Gasteiger partial charge in [0.15, 0.2) is 0 Å². The Balaban J connectivity index is 0.00000378. The number of para-hydroxylation sites is 3. The number of anilines is 5. The third-order valence-electron chi connectivity index (χ3n) is 8.80. The second-order valence-corrected chi connectivity index (χ2v) is 13.2. The number of ether oxygens (including phenoxy) is 1. The van der Waals surface area contributed by atoms with Gasteiger partial charge in [-0.05, 0) is 77.2 Å². The van der Waals surface area contributed by atoms with Gasteiger partial charge < -0.3 is 24.0 Å². The van der Waals surface area contributed by atoms with Gasteiger partial charge >= 0.3 is 0 Å². The first-order valence-electron chi connectivity index (χ1n) is 16.0. The van der Waals surface area contributed by atoms with Gasteiger partial charge in [-0.3, -0.25) is 4.98 Å².